The van der Waals surface area contributed by atoms with Gasteiger partial charge in [-0.3, -0.25) is 0 Å². The Morgan fingerprint density at radius 2 is 1.14 bits per heavy atom. The van der Waals surface area contributed by atoms with E-state index >= 15 is 0 Å². The van der Waals surface area contributed by atoms with Crippen molar-refractivity contribution in [3.8, 4) is 0 Å². The van der Waals surface area contributed by atoms with Crippen molar-refractivity contribution in [3.63, 3.8) is 0 Å². The molecule has 0 spiro atoms. The summed E-state index contributed by atoms with van der Waals surface area (Å²) < 4.78 is 50.2. The van der Waals surface area contributed by atoms with Gasteiger partial charge in [0.1, 0.15) is 0 Å². The van der Waals surface area contributed by atoms with Crippen LogP contribution >= 0.6 is 0 Å². The zero-order valence-electron chi connectivity index (χ0n) is 17.5. The lowest BCUT2D eigenvalue weighted by atomic mass is 9.68. The minimum Gasteiger partial charge on any atom is -0.202 e. The summed E-state index contributed by atoms with van der Waals surface area (Å²) >= 11 is 0. The number of alkyl halides is 3. The number of allylic oxidation sites excluding steroid dienone is 2. The Kier molecular flexibility index (Phi) is 7.89. The third-order valence-corrected chi connectivity index (χ3v) is 8.15. The molecule has 0 atom stereocenters. The standard InChI is InChI=1S/C24H38F4/c1-17-2-4-18(5-3-17)6-7-19-8-12-21(13-9-19)22-14-10-20(11-15-22)16-23(25)24(26,27)28/h16-22H,2-15H2,1H3. The summed E-state index contributed by atoms with van der Waals surface area (Å²) in [6.07, 6.45) is 13.2. The molecular weight excluding hydrogens is 364 g/mol. The van der Waals surface area contributed by atoms with Gasteiger partial charge in [-0.1, -0.05) is 58.3 Å². The second kappa shape index (κ2) is 9.98. The van der Waals surface area contributed by atoms with E-state index in [-0.39, 0.29) is 5.92 Å². The van der Waals surface area contributed by atoms with Crippen LogP contribution in [0.4, 0.5) is 17.6 Å². The molecule has 4 heteroatoms. The molecule has 0 radical (unpaired) electrons. The molecule has 0 aromatic rings. The molecule has 0 aromatic carbocycles. The Morgan fingerprint density at radius 1 is 0.714 bits per heavy atom. The van der Waals surface area contributed by atoms with Gasteiger partial charge in [0, 0.05) is 0 Å². The van der Waals surface area contributed by atoms with Crippen LogP contribution in [0.1, 0.15) is 96.8 Å². The molecule has 3 rings (SSSR count). The molecule has 0 bridgehead atoms. The minimum absolute atomic E-state index is 0.229. The van der Waals surface area contributed by atoms with E-state index in [1.54, 1.807) is 0 Å². The van der Waals surface area contributed by atoms with Crippen molar-refractivity contribution in [1.82, 2.24) is 0 Å². The van der Waals surface area contributed by atoms with Gasteiger partial charge in [0.25, 0.3) is 0 Å². The summed E-state index contributed by atoms with van der Waals surface area (Å²) in [5, 5.41) is 0. The number of hydrogen-bond acceptors (Lipinski definition) is 0. The summed E-state index contributed by atoms with van der Waals surface area (Å²) in [5.41, 5.74) is 0. The van der Waals surface area contributed by atoms with E-state index in [2.05, 4.69) is 6.92 Å². The minimum atomic E-state index is -4.81. The summed E-state index contributed by atoms with van der Waals surface area (Å²) in [6, 6.07) is 0. The molecule has 0 aliphatic heterocycles. The quantitative estimate of drug-likeness (QED) is 0.404. The maximum atomic E-state index is 13.2. The van der Waals surface area contributed by atoms with E-state index in [1.807, 2.05) is 0 Å². The maximum absolute atomic E-state index is 13.2. The van der Waals surface area contributed by atoms with Gasteiger partial charge in [0.05, 0.1) is 0 Å². The highest BCUT2D eigenvalue weighted by atomic mass is 19.4. The van der Waals surface area contributed by atoms with Crippen molar-refractivity contribution in [2.45, 2.75) is 103 Å². The number of halogens is 4. The summed E-state index contributed by atoms with van der Waals surface area (Å²) in [4.78, 5) is 0. The van der Waals surface area contributed by atoms with Gasteiger partial charge in [-0.2, -0.15) is 13.2 Å². The van der Waals surface area contributed by atoms with Crippen molar-refractivity contribution < 1.29 is 17.6 Å². The fourth-order valence-corrected chi connectivity index (χ4v) is 6.12. The molecule has 0 saturated heterocycles. The largest absolute Gasteiger partial charge is 0.442 e. The van der Waals surface area contributed by atoms with Crippen LogP contribution < -0.4 is 0 Å². The van der Waals surface area contributed by atoms with E-state index < -0.39 is 12.0 Å². The average molecular weight is 403 g/mol. The number of rotatable bonds is 5. The second-order valence-electron chi connectivity index (χ2n) is 10.2. The fraction of sp³-hybridized carbons (Fsp3) is 0.917. The monoisotopic (exact) mass is 402 g/mol. The third kappa shape index (κ3) is 6.49. The normalized spacial score (nSPS) is 38.4. The highest BCUT2D eigenvalue weighted by molar-refractivity contribution is 5.03. The Bertz CT molecular complexity index is 485. The summed E-state index contributed by atoms with van der Waals surface area (Å²) in [6.45, 7) is 2.38. The fourth-order valence-electron chi connectivity index (χ4n) is 6.12. The first kappa shape index (κ1) is 22.2. The van der Waals surface area contributed by atoms with Gasteiger partial charge in [-0.15, -0.1) is 0 Å². The van der Waals surface area contributed by atoms with Gasteiger partial charge in [0.2, 0.25) is 0 Å². The maximum Gasteiger partial charge on any atom is 0.442 e. The summed E-state index contributed by atoms with van der Waals surface area (Å²) in [5.74, 6) is 2.08. The molecule has 3 aliphatic carbocycles. The predicted molar refractivity (Wildman–Crippen MR) is 106 cm³/mol. The van der Waals surface area contributed by atoms with Crippen LogP contribution in [0.5, 0.6) is 0 Å². The van der Waals surface area contributed by atoms with Crippen LogP contribution in [0.3, 0.4) is 0 Å². The first-order chi connectivity index (χ1) is 13.3. The zero-order chi connectivity index (χ0) is 20.1. The predicted octanol–water partition coefficient (Wildman–Crippen LogP) is 8.62. The van der Waals surface area contributed by atoms with Crippen LogP contribution in [0.15, 0.2) is 11.9 Å². The number of hydrogen-bond donors (Lipinski definition) is 0. The van der Waals surface area contributed by atoms with Gasteiger partial charge >= 0.3 is 6.18 Å². The highest BCUT2D eigenvalue weighted by Crippen LogP contribution is 2.44. The molecule has 162 valence electrons. The molecule has 3 aliphatic rings. The molecular formula is C24H38F4. The zero-order valence-corrected chi connectivity index (χ0v) is 17.5. The van der Waals surface area contributed by atoms with Gasteiger partial charge in [-0.05, 0) is 80.1 Å². The molecule has 0 heterocycles. The molecule has 0 nitrogen and oxygen atoms in total. The van der Waals surface area contributed by atoms with E-state index in [0.717, 1.165) is 42.6 Å². The third-order valence-electron chi connectivity index (χ3n) is 8.15. The lowest BCUT2D eigenvalue weighted by Crippen LogP contribution is -2.26. The Balaban J connectivity index is 1.33. The van der Waals surface area contributed by atoms with E-state index in [1.165, 1.54) is 64.2 Å². The first-order valence-corrected chi connectivity index (χ1v) is 11.8. The van der Waals surface area contributed by atoms with Crippen molar-refractivity contribution in [1.29, 1.82) is 0 Å². The Hall–Kier alpha value is -0.540. The molecule has 3 saturated carbocycles. The lowest BCUT2D eigenvalue weighted by Gasteiger charge is -2.38. The highest BCUT2D eigenvalue weighted by Gasteiger charge is 2.36. The van der Waals surface area contributed by atoms with Crippen LogP contribution in [-0.4, -0.2) is 6.18 Å². The van der Waals surface area contributed by atoms with Crippen LogP contribution in [0, 0.1) is 35.5 Å². The molecule has 0 N–H and O–H groups in total. The van der Waals surface area contributed by atoms with Crippen LogP contribution in [0.25, 0.3) is 0 Å². The Labute approximate surface area is 168 Å². The molecule has 0 aromatic heterocycles. The first-order valence-electron chi connectivity index (χ1n) is 11.8. The topological polar surface area (TPSA) is 0 Å². The molecule has 0 amide bonds. The van der Waals surface area contributed by atoms with Gasteiger partial charge in [0.15, 0.2) is 5.83 Å². The second-order valence-corrected chi connectivity index (χ2v) is 10.2. The molecule has 0 unspecified atom stereocenters. The van der Waals surface area contributed by atoms with Crippen molar-refractivity contribution in [2.75, 3.05) is 0 Å². The van der Waals surface area contributed by atoms with Crippen molar-refractivity contribution in [2.24, 2.45) is 35.5 Å². The SMILES string of the molecule is CC1CCC(CCC2CCC(C3CCC(C=C(F)C(F)(F)F)CC3)CC2)CC1. The van der Waals surface area contributed by atoms with E-state index in [9.17, 15) is 17.6 Å². The summed E-state index contributed by atoms with van der Waals surface area (Å²) in [7, 11) is 0. The molecule has 3 fully saturated rings. The van der Waals surface area contributed by atoms with Crippen molar-refractivity contribution in [3.05, 3.63) is 11.9 Å². The lowest BCUT2D eigenvalue weighted by molar-refractivity contribution is -0.109. The molecule has 28 heavy (non-hydrogen) atoms. The average Bonchev–Trinajstić information content (AvgIpc) is 2.68. The Morgan fingerprint density at radius 3 is 1.61 bits per heavy atom. The van der Waals surface area contributed by atoms with E-state index in [4.69, 9.17) is 0 Å². The van der Waals surface area contributed by atoms with Crippen LogP contribution in [-0.2, 0) is 0 Å². The van der Waals surface area contributed by atoms with E-state index in [0.29, 0.717) is 18.8 Å². The van der Waals surface area contributed by atoms with Gasteiger partial charge in [-0.25, -0.2) is 4.39 Å². The van der Waals surface area contributed by atoms with Crippen LogP contribution in [0.2, 0.25) is 0 Å². The van der Waals surface area contributed by atoms with Gasteiger partial charge < -0.3 is 0 Å². The van der Waals surface area contributed by atoms with Crippen molar-refractivity contribution >= 4 is 0 Å². The smallest absolute Gasteiger partial charge is 0.202 e.